The minimum absolute atomic E-state index is 0.0920. The van der Waals surface area contributed by atoms with E-state index in [2.05, 4.69) is 17.2 Å². The number of hydrogen-bond acceptors (Lipinski definition) is 4. The highest BCUT2D eigenvalue weighted by Crippen LogP contribution is 2.30. The lowest BCUT2D eigenvalue weighted by molar-refractivity contribution is 0.0947. The molecule has 1 aliphatic rings. The van der Waals surface area contributed by atoms with Crippen molar-refractivity contribution in [2.45, 2.75) is 37.6 Å². The molecule has 8 heteroatoms. The van der Waals surface area contributed by atoms with Gasteiger partial charge in [0.25, 0.3) is 5.91 Å². The second-order valence-electron chi connectivity index (χ2n) is 6.10. The molecule has 0 bridgehead atoms. The number of para-hydroxylation sites is 1. The van der Waals surface area contributed by atoms with Crippen LogP contribution in [-0.2, 0) is 16.6 Å². The van der Waals surface area contributed by atoms with Crippen LogP contribution < -0.4 is 5.32 Å². The number of sulfonamides is 1. The first-order valence-corrected chi connectivity index (χ1v) is 9.81. The van der Waals surface area contributed by atoms with Gasteiger partial charge in [-0.25, -0.2) is 13.4 Å². The van der Waals surface area contributed by atoms with E-state index < -0.39 is 10.0 Å². The fourth-order valence-electron chi connectivity index (χ4n) is 2.92. The molecule has 25 heavy (non-hydrogen) atoms. The van der Waals surface area contributed by atoms with Crippen LogP contribution >= 0.6 is 0 Å². The fourth-order valence-corrected chi connectivity index (χ4v) is 4.23. The van der Waals surface area contributed by atoms with Crippen molar-refractivity contribution in [3.05, 3.63) is 42.0 Å². The number of hydrogen-bond donors (Lipinski definition) is 1. The SMILES string of the molecule is CCCCCNC(=O)c1ncn2c1CN(C)S(=O)(=O)c1ccccc1-2. The first-order chi connectivity index (χ1) is 12.0. The number of rotatable bonds is 5. The van der Waals surface area contributed by atoms with Crippen LogP contribution in [0.1, 0.15) is 42.4 Å². The molecule has 0 radical (unpaired) electrons. The molecule has 0 saturated carbocycles. The van der Waals surface area contributed by atoms with Crippen LogP contribution in [0.25, 0.3) is 5.69 Å². The summed E-state index contributed by atoms with van der Waals surface area (Å²) in [4.78, 5) is 16.9. The topological polar surface area (TPSA) is 84.3 Å². The van der Waals surface area contributed by atoms with Crippen LogP contribution in [0, 0.1) is 0 Å². The predicted molar refractivity (Wildman–Crippen MR) is 94.1 cm³/mol. The molecule has 1 amide bonds. The highest BCUT2D eigenvalue weighted by atomic mass is 32.2. The summed E-state index contributed by atoms with van der Waals surface area (Å²) in [6.45, 7) is 2.78. The third-order valence-corrected chi connectivity index (χ3v) is 6.18. The van der Waals surface area contributed by atoms with Gasteiger partial charge in [0, 0.05) is 13.6 Å². The van der Waals surface area contributed by atoms with Crippen molar-refractivity contribution in [1.29, 1.82) is 0 Å². The van der Waals surface area contributed by atoms with E-state index in [0.29, 0.717) is 17.9 Å². The van der Waals surface area contributed by atoms with Gasteiger partial charge < -0.3 is 5.32 Å². The summed E-state index contributed by atoms with van der Waals surface area (Å²) in [5, 5.41) is 2.87. The summed E-state index contributed by atoms with van der Waals surface area (Å²) < 4.78 is 28.4. The first kappa shape index (κ1) is 17.6. The molecular formula is C17H22N4O3S. The van der Waals surface area contributed by atoms with Gasteiger partial charge in [-0.1, -0.05) is 31.9 Å². The molecule has 1 N–H and O–H groups in total. The molecule has 2 heterocycles. The highest BCUT2D eigenvalue weighted by Gasteiger charge is 2.32. The monoisotopic (exact) mass is 362 g/mol. The number of benzene rings is 1. The number of carbonyl (C=O) groups is 1. The largest absolute Gasteiger partial charge is 0.351 e. The smallest absolute Gasteiger partial charge is 0.271 e. The second kappa shape index (κ2) is 6.97. The maximum Gasteiger partial charge on any atom is 0.271 e. The van der Waals surface area contributed by atoms with Crippen molar-refractivity contribution < 1.29 is 13.2 Å². The normalized spacial score (nSPS) is 15.9. The summed E-state index contributed by atoms with van der Waals surface area (Å²) >= 11 is 0. The number of nitrogens with one attached hydrogen (secondary N) is 1. The third kappa shape index (κ3) is 3.19. The van der Waals surface area contributed by atoms with Gasteiger partial charge in [0.2, 0.25) is 10.0 Å². The second-order valence-corrected chi connectivity index (χ2v) is 8.11. The van der Waals surface area contributed by atoms with E-state index in [1.807, 2.05) is 0 Å². The third-order valence-electron chi connectivity index (χ3n) is 4.33. The summed E-state index contributed by atoms with van der Waals surface area (Å²) in [5.41, 5.74) is 1.36. The van der Waals surface area contributed by atoms with Gasteiger partial charge in [0.1, 0.15) is 11.2 Å². The zero-order chi connectivity index (χ0) is 18.0. The molecule has 0 fully saturated rings. The average Bonchev–Trinajstić information content (AvgIpc) is 2.98. The molecule has 3 rings (SSSR count). The van der Waals surface area contributed by atoms with Crippen molar-refractivity contribution in [2.24, 2.45) is 0 Å². The Morgan fingerprint density at radius 3 is 2.80 bits per heavy atom. The molecule has 0 atom stereocenters. The Morgan fingerprint density at radius 2 is 2.04 bits per heavy atom. The average molecular weight is 362 g/mol. The van der Waals surface area contributed by atoms with Gasteiger partial charge in [-0.15, -0.1) is 0 Å². The molecule has 0 unspecified atom stereocenters. The van der Waals surface area contributed by atoms with E-state index in [0.717, 1.165) is 19.3 Å². The minimum Gasteiger partial charge on any atom is -0.351 e. The summed E-state index contributed by atoms with van der Waals surface area (Å²) in [6.07, 6.45) is 4.56. The number of nitrogens with zero attached hydrogens (tertiary/aromatic N) is 3. The van der Waals surface area contributed by atoms with E-state index >= 15 is 0 Å². The van der Waals surface area contributed by atoms with Crippen LogP contribution in [-0.4, -0.2) is 41.8 Å². The first-order valence-electron chi connectivity index (χ1n) is 8.37. The lowest BCUT2D eigenvalue weighted by Gasteiger charge is -2.14. The number of unbranched alkanes of at least 4 members (excludes halogenated alkanes) is 2. The summed E-state index contributed by atoms with van der Waals surface area (Å²) in [5.74, 6) is -0.268. The van der Waals surface area contributed by atoms with Gasteiger partial charge >= 0.3 is 0 Å². The van der Waals surface area contributed by atoms with Crippen LogP contribution in [0.2, 0.25) is 0 Å². The summed E-state index contributed by atoms with van der Waals surface area (Å²) in [7, 11) is -2.10. The van der Waals surface area contributed by atoms with E-state index in [-0.39, 0.29) is 23.0 Å². The number of amides is 1. The Hall–Kier alpha value is -2.19. The molecule has 1 aromatic heterocycles. The van der Waals surface area contributed by atoms with Crippen molar-refractivity contribution >= 4 is 15.9 Å². The van der Waals surface area contributed by atoms with Gasteiger partial charge in [0.15, 0.2) is 5.69 Å². The Bertz CT molecular complexity index is 889. The molecule has 1 aliphatic heterocycles. The highest BCUT2D eigenvalue weighted by molar-refractivity contribution is 7.89. The zero-order valence-corrected chi connectivity index (χ0v) is 15.2. The Balaban J connectivity index is 1.98. The van der Waals surface area contributed by atoms with Crippen LogP contribution in [0.15, 0.2) is 35.5 Å². The maximum atomic E-state index is 12.7. The number of fused-ring (bicyclic) bond motifs is 3. The van der Waals surface area contributed by atoms with Gasteiger partial charge in [-0.2, -0.15) is 4.31 Å². The number of imidazole rings is 1. The van der Waals surface area contributed by atoms with Crippen molar-refractivity contribution in [2.75, 3.05) is 13.6 Å². The van der Waals surface area contributed by atoms with Crippen LogP contribution in [0.5, 0.6) is 0 Å². The molecule has 134 valence electrons. The van der Waals surface area contributed by atoms with E-state index in [4.69, 9.17) is 0 Å². The van der Waals surface area contributed by atoms with Crippen molar-refractivity contribution in [3.63, 3.8) is 0 Å². The van der Waals surface area contributed by atoms with Gasteiger partial charge in [0.05, 0.1) is 17.9 Å². The van der Waals surface area contributed by atoms with E-state index in [9.17, 15) is 13.2 Å². The Kier molecular flexibility index (Phi) is 4.91. The number of carbonyl (C=O) groups excluding carboxylic acids is 1. The van der Waals surface area contributed by atoms with Crippen LogP contribution in [0.3, 0.4) is 0 Å². The zero-order valence-electron chi connectivity index (χ0n) is 14.4. The Morgan fingerprint density at radius 1 is 1.28 bits per heavy atom. The molecular weight excluding hydrogens is 340 g/mol. The molecule has 7 nitrogen and oxygen atoms in total. The van der Waals surface area contributed by atoms with E-state index in [1.54, 1.807) is 28.8 Å². The van der Waals surface area contributed by atoms with Crippen molar-refractivity contribution in [3.8, 4) is 5.69 Å². The standard InChI is InChI=1S/C17H22N4O3S/c1-3-4-7-10-18-17(22)16-14-11-20(2)25(23,24)15-9-6-5-8-13(15)21(14)12-19-16/h5-6,8-9,12H,3-4,7,10-11H2,1-2H3,(H,18,22). The quantitative estimate of drug-likeness (QED) is 0.824. The van der Waals surface area contributed by atoms with Gasteiger partial charge in [-0.3, -0.25) is 9.36 Å². The lowest BCUT2D eigenvalue weighted by Crippen LogP contribution is -2.29. The molecule has 1 aromatic carbocycles. The number of aromatic nitrogens is 2. The molecule has 0 spiro atoms. The fraction of sp³-hybridized carbons (Fsp3) is 0.412. The molecule has 0 saturated heterocycles. The van der Waals surface area contributed by atoms with Crippen molar-refractivity contribution in [1.82, 2.24) is 19.2 Å². The minimum atomic E-state index is -3.61. The van der Waals surface area contributed by atoms with Gasteiger partial charge in [-0.05, 0) is 18.6 Å². The summed E-state index contributed by atoms with van der Waals surface area (Å²) in [6, 6.07) is 6.75. The maximum absolute atomic E-state index is 12.7. The van der Waals surface area contributed by atoms with E-state index in [1.165, 1.54) is 17.7 Å². The predicted octanol–water partition coefficient (Wildman–Crippen LogP) is 1.93. The molecule has 0 aliphatic carbocycles. The van der Waals surface area contributed by atoms with Crippen LogP contribution in [0.4, 0.5) is 0 Å². The Labute approximate surface area is 147 Å². The lowest BCUT2D eigenvalue weighted by atomic mass is 10.2. The molecule has 2 aromatic rings.